The molecule has 2 rings (SSSR count). The van der Waals surface area contributed by atoms with Gasteiger partial charge in [-0.15, -0.1) is 0 Å². The van der Waals surface area contributed by atoms with Crippen LogP contribution in [-0.2, 0) is 11.3 Å². The first-order valence-electron chi connectivity index (χ1n) is 5.98. The molecule has 0 saturated heterocycles. The predicted molar refractivity (Wildman–Crippen MR) is 79.7 cm³/mol. The molecule has 22 heavy (non-hydrogen) atoms. The van der Waals surface area contributed by atoms with Gasteiger partial charge >= 0.3 is 11.9 Å². The molecular formula is C14H11NO6S. The molecule has 1 atom stereocenters. The summed E-state index contributed by atoms with van der Waals surface area (Å²) in [6.45, 7) is 0. The average molecular weight is 321 g/mol. The molecule has 0 fully saturated rings. The van der Waals surface area contributed by atoms with Gasteiger partial charge in [-0.25, -0.2) is 18.1 Å². The van der Waals surface area contributed by atoms with Crippen LogP contribution in [0.2, 0.25) is 0 Å². The zero-order valence-corrected chi connectivity index (χ0v) is 11.9. The molecule has 0 aliphatic carbocycles. The van der Waals surface area contributed by atoms with E-state index < -0.39 is 23.2 Å². The smallest absolute Gasteiger partial charge is 0.335 e. The second-order valence-electron chi connectivity index (χ2n) is 4.23. The number of anilines is 2. The quantitative estimate of drug-likeness (QED) is 0.728. The molecular weight excluding hydrogens is 310 g/mol. The fourth-order valence-corrected chi connectivity index (χ4v) is 2.41. The van der Waals surface area contributed by atoms with Gasteiger partial charge in [-0.2, -0.15) is 0 Å². The summed E-state index contributed by atoms with van der Waals surface area (Å²) in [4.78, 5) is 21.6. The van der Waals surface area contributed by atoms with E-state index in [1.165, 1.54) is 48.5 Å². The van der Waals surface area contributed by atoms with Crippen LogP contribution >= 0.6 is 0 Å². The van der Waals surface area contributed by atoms with Crippen LogP contribution in [0.1, 0.15) is 20.7 Å². The minimum absolute atomic E-state index is 0.0497. The SMILES string of the molecule is O=C(O)c1ccc(N(c2ccc(C(=O)O)cc2)S(=O)O)cc1. The largest absolute Gasteiger partial charge is 0.478 e. The highest BCUT2D eigenvalue weighted by Crippen LogP contribution is 2.27. The normalized spacial score (nSPS) is 11.7. The summed E-state index contributed by atoms with van der Waals surface area (Å²) < 4.78 is 22.0. The van der Waals surface area contributed by atoms with Crippen molar-refractivity contribution < 1.29 is 28.6 Å². The second-order valence-corrected chi connectivity index (χ2v) is 5.06. The lowest BCUT2D eigenvalue weighted by molar-refractivity contribution is 0.0686. The van der Waals surface area contributed by atoms with Crippen molar-refractivity contribution in [1.29, 1.82) is 0 Å². The number of hydrogen-bond donors (Lipinski definition) is 3. The van der Waals surface area contributed by atoms with Gasteiger partial charge in [0.15, 0.2) is 0 Å². The highest BCUT2D eigenvalue weighted by molar-refractivity contribution is 7.81. The molecule has 2 aromatic carbocycles. The molecule has 0 aliphatic rings. The molecule has 0 amide bonds. The Bertz CT molecular complexity index is 669. The van der Waals surface area contributed by atoms with E-state index in [9.17, 15) is 18.4 Å². The molecule has 2 aromatic rings. The fourth-order valence-electron chi connectivity index (χ4n) is 1.81. The van der Waals surface area contributed by atoms with Crippen molar-refractivity contribution in [2.24, 2.45) is 0 Å². The van der Waals surface area contributed by atoms with Gasteiger partial charge < -0.3 is 10.2 Å². The molecule has 1 unspecified atom stereocenters. The third kappa shape index (κ3) is 3.30. The number of carboxylic acid groups (broad SMARTS) is 2. The number of nitrogens with zero attached hydrogens (tertiary/aromatic N) is 1. The molecule has 0 aromatic heterocycles. The Morgan fingerprint density at radius 2 is 1.09 bits per heavy atom. The molecule has 0 saturated carbocycles. The maximum Gasteiger partial charge on any atom is 0.335 e. The third-order valence-electron chi connectivity index (χ3n) is 2.85. The number of benzene rings is 2. The Morgan fingerprint density at radius 1 is 0.773 bits per heavy atom. The summed E-state index contributed by atoms with van der Waals surface area (Å²) in [5.41, 5.74) is 0.699. The van der Waals surface area contributed by atoms with Gasteiger partial charge in [0.1, 0.15) is 0 Å². The third-order valence-corrected chi connectivity index (χ3v) is 3.59. The summed E-state index contributed by atoms with van der Waals surface area (Å²) >= 11 is -2.40. The lowest BCUT2D eigenvalue weighted by atomic mass is 10.2. The first-order chi connectivity index (χ1) is 10.4. The van der Waals surface area contributed by atoms with Gasteiger partial charge in [0, 0.05) is 0 Å². The Labute approximate surface area is 127 Å². The van der Waals surface area contributed by atoms with Crippen molar-refractivity contribution in [2.75, 3.05) is 4.31 Å². The zero-order chi connectivity index (χ0) is 16.3. The van der Waals surface area contributed by atoms with Crippen molar-refractivity contribution in [3.8, 4) is 0 Å². The summed E-state index contributed by atoms with van der Waals surface area (Å²) in [5.74, 6) is -2.21. The number of carboxylic acids is 2. The highest BCUT2D eigenvalue weighted by Gasteiger charge is 2.16. The standard InChI is InChI=1S/C14H11NO6S/c16-13(17)9-1-5-11(6-2-9)15(22(20)21)12-7-3-10(4-8-12)14(18)19/h1-8H,(H,16,17)(H,18,19)(H,20,21). The second kappa shape index (κ2) is 6.37. The van der Waals surface area contributed by atoms with E-state index >= 15 is 0 Å². The number of carbonyl (C=O) groups is 2. The van der Waals surface area contributed by atoms with Crippen molar-refractivity contribution >= 4 is 34.6 Å². The van der Waals surface area contributed by atoms with Gasteiger partial charge in [0.2, 0.25) is 0 Å². The average Bonchev–Trinajstić information content (AvgIpc) is 2.48. The topological polar surface area (TPSA) is 115 Å². The maximum atomic E-state index is 11.5. The molecule has 3 N–H and O–H groups in total. The summed E-state index contributed by atoms with van der Waals surface area (Å²) in [6.07, 6.45) is 0. The summed E-state index contributed by atoms with van der Waals surface area (Å²) in [7, 11) is 0. The van der Waals surface area contributed by atoms with E-state index in [1.807, 2.05) is 0 Å². The zero-order valence-electron chi connectivity index (χ0n) is 11.0. The first-order valence-corrected chi connectivity index (χ1v) is 7.04. The maximum absolute atomic E-state index is 11.5. The fraction of sp³-hybridized carbons (Fsp3) is 0. The lowest BCUT2D eigenvalue weighted by Gasteiger charge is -2.20. The van der Waals surface area contributed by atoms with E-state index in [1.54, 1.807) is 0 Å². The van der Waals surface area contributed by atoms with Gasteiger partial charge in [-0.1, -0.05) is 0 Å². The lowest BCUT2D eigenvalue weighted by Crippen LogP contribution is -2.19. The van der Waals surface area contributed by atoms with E-state index in [0.717, 1.165) is 4.31 Å². The molecule has 0 aliphatic heterocycles. The number of aromatic carboxylic acids is 2. The number of hydrogen-bond acceptors (Lipinski definition) is 3. The van der Waals surface area contributed by atoms with Gasteiger partial charge in [-0.3, -0.25) is 4.55 Å². The van der Waals surface area contributed by atoms with Crippen molar-refractivity contribution in [3.05, 3.63) is 59.7 Å². The van der Waals surface area contributed by atoms with Crippen molar-refractivity contribution in [3.63, 3.8) is 0 Å². The molecule has 0 bridgehead atoms. The summed E-state index contributed by atoms with van der Waals surface area (Å²) in [5, 5.41) is 17.7. The Balaban J connectivity index is 2.39. The van der Waals surface area contributed by atoms with Crippen LogP contribution in [0.5, 0.6) is 0 Å². The van der Waals surface area contributed by atoms with Crippen LogP contribution in [0.4, 0.5) is 11.4 Å². The highest BCUT2D eigenvalue weighted by atomic mass is 32.2. The molecule has 0 radical (unpaired) electrons. The number of rotatable bonds is 5. The van der Waals surface area contributed by atoms with Gasteiger partial charge in [0.25, 0.3) is 11.3 Å². The first kappa shape index (κ1) is 15.7. The van der Waals surface area contributed by atoms with Gasteiger partial charge in [0.05, 0.1) is 22.5 Å². The molecule has 0 spiro atoms. The molecule has 0 heterocycles. The van der Waals surface area contributed by atoms with Crippen molar-refractivity contribution in [1.82, 2.24) is 0 Å². The molecule has 8 heteroatoms. The van der Waals surface area contributed by atoms with E-state index in [2.05, 4.69) is 0 Å². The van der Waals surface area contributed by atoms with Crippen LogP contribution in [0.25, 0.3) is 0 Å². The minimum atomic E-state index is -2.40. The van der Waals surface area contributed by atoms with Crippen LogP contribution in [-0.4, -0.2) is 30.9 Å². The van der Waals surface area contributed by atoms with E-state index in [4.69, 9.17) is 10.2 Å². The monoisotopic (exact) mass is 321 g/mol. The van der Waals surface area contributed by atoms with Crippen LogP contribution in [0, 0.1) is 0 Å². The van der Waals surface area contributed by atoms with Crippen LogP contribution in [0.15, 0.2) is 48.5 Å². The van der Waals surface area contributed by atoms with Gasteiger partial charge in [-0.05, 0) is 48.5 Å². The van der Waals surface area contributed by atoms with Crippen LogP contribution in [0.3, 0.4) is 0 Å². The van der Waals surface area contributed by atoms with E-state index in [0.29, 0.717) is 11.4 Å². The predicted octanol–water partition coefficient (Wildman–Crippen LogP) is 2.36. The Hall–Kier alpha value is -2.71. The summed E-state index contributed by atoms with van der Waals surface area (Å²) in [6, 6.07) is 10.8. The van der Waals surface area contributed by atoms with Crippen LogP contribution < -0.4 is 4.31 Å². The Kier molecular flexibility index (Phi) is 4.54. The van der Waals surface area contributed by atoms with Crippen molar-refractivity contribution in [2.45, 2.75) is 0 Å². The Morgan fingerprint density at radius 3 is 1.32 bits per heavy atom. The molecule has 7 nitrogen and oxygen atoms in total. The molecule has 114 valence electrons. The minimum Gasteiger partial charge on any atom is -0.478 e. The van der Waals surface area contributed by atoms with E-state index in [-0.39, 0.29) is 11.1 Å².